The summed E-state index contributed by atoms with van der Waals surface area (Å²) in [6, 6.07) is 15.4. The smallest absolute Gasteiger partial charge is 0.269 e. The van der Waals surface area contributed by atoms with Crippen LogP contribution < -0.4 is 9.47 Å². The Kier molecular flexibility index (Phi) is 11.7. The normalized spacial score (nSPS) is 9.17. The average molecular weight is 615 g/mol. The van der Waals surface area contributed by atoms with E-state index in [0.29, 0.717) is 0 Å². The summed E-state index contributed by atoms with van der Waals surface area (Å²) in [5, 5.41) is 1.30. The maximum atomic E-state index is 2.28. The molecule has 2 N–H and O–H groups in total. The van der Waals surface area contributed by atoms with Gasteiger partial charge in [-0.25, -0.2) is 0 Å². The summed E-state index contributed by atoms with van der Waals surface area (Å²) in [6.07, 6.45) is 0. The molecule has 0 aliphatic carbocycles. The van der Waals surface area contributed by atoms with E-state index in [9.17, 15) is 0 Å². The molecule has 1 atom stereocenters. The van der Waals surface area contributed by atoms with Crippen molar-refractivity contribution in [2.45, 2.75) is 6.92 Å². The molecule has 0 saturated heterocycles. The van der Waals surface area contributed by atoms with Crippen LogP contribution in [0.4, 0.5) is 5.69 Å². The minimum Gasteiger partial charge on any atom is -0.412 e. The van der Waals surface area contributed by atoms with Gasteiger partial charge < -0.3 is 10.4 Å². The summed E-state index contributed by atoms with van der Waals surface area (Å²) in [5.41, 5.74) is 5.12. The van der Waals surface area contributed by atoms with E-state index in [1.54, 1.807) is 0 Å². The number of aromatic nitrogens is 1. The number of benzene rings is 2. The van der Waals surface area contributed by atoms with Crippen molar-refractivity contribution < 1.29 is 52.2 Å². The van der Waals surface area contributed by atoms with E-state index in [-0.39, 0.29) is 57.5 Å². The fourth-order valence-corrected chi connectivity index (χ4v) is 3.67. The molecule has 3 nitrogen and oxygen atoms in total. The molecule has 0 radical (unpaired) electrons. The molecule has 130 valence electrons. The van der Waals surface area contributed by atoms with Gasteiger partial charge in [-0.15, -0.1) is 0 Å². The second kappa shape index (κ2) is 10.8. The van der Waals surface area contributed by atoms with Crippen LogP contribution >= 0.6 is 21.2 Å². The van der Waals surface area contributed by atoms with E-state index >= 15 is 0 Å². The minimum absolute atomic E-state index is 0. The zero-order valence-corrected chi connectivity index (χ0v) is 21.5. The number of aryl methyl sites for hydroxylation is 2. The SMILES string of the molecule is Cc1ccc2c(c1)sc(-c1ccc(N(C)C)cc1)[n+]2C.O.P.[Mo].[W]. The second-order valence-corrected chi connectivity index (χ2v) is 6.41. The Morgan fingerprint density at radius 1 is 1.00 bits per heavy atom. The quantitative estimate of drug-likeness (QED) is 0.249. The zero-order valence-electron chi connectivity index (χ0n) is 14.4. The molecule has 1 unspecified atom stereocenters. The number of rotatable bonds is 2. The van der Waals surface area contributed by atoms with E-state index in [0.717, 1.165) is 0 Å². The van der Waals surface area contributed by atoms with E-state index < -0.39 is 0 Å². The summed E-state index contributed by atoms with van der Waals surface area (Å²) in [4.78, 5) is 2.12. The third-order valence-electron chi connectivity index (χ3n) is 3.62. The van der Waals surface area contributed by atoms with E-state index in [4.69, 9.17) is 0 Å². The molecule has 7 heteroatoms. The predicted octanol–water partition coefficient (Wildman–Crippen LogP) is 3.00. The first-order chi connectivity index (χ1) is 9.56. The van der Waals surface area contributed by atoms with Crippen molar-refractivity contribution in [1.82, 2.24) is 0 Å². The molecular weight excluding hydrogens is 591 g/mol. The maximum Gasteiger partial charge on any atom is 0.269 e. The molecule has 24 heavy (non-hydrogen) atoms. The van der Waals surface area contributed by atoms with Gasteiger partial charge in [0.2, 0.25) is 5.52 Å². The molecular formula is C17H24MoN2OPSW+. The van der Waals surface area contributed by atoms with Crippen LogP contribution in [0.25, 0.3) is 20.8 Å². The topological polar surface area (TPSA) is 38.6 Å². The Morgan fingerprint density at radius 3 is 2.12 bits per heavy atom. The fraction of sp³-hybridized carbons (Fsp3) is 0.235. The maximum absolute atomic E-state index is 2.28. The van der Waals surface area contributed by atoms with Crippen LogP contribution in [0.15, 0.2) is 42.5 Å². The standard InChI is InChI=1S/C17H19N2S.Mo.H2O.H3P.W/c1-12-5-10-15-16(11-12)20-17(19(15)4)13-6-8-14(9-7-13)18(2)3;;;;/h5-11H,1-4H3;;1H2;1H3;/q+1;;;;. The van der Waals surface area contributed by atoms with Crippen LogP contribution in [0.3, 0.4) is 0 Å². The van der Waals surface area contributed by atoms with Crippen LogP contribution in [-0.2, 0) is 49.2 Å². The third kappa shape index (κ3) is 5.20. The van der Waals surface area contributed by atoms with Gasteiger partial charge in [0.25, 0.3) is 5.01 Å². The summed E-state index contributed by atoms with van der Waals surface area (Å²) in [7, 11) is 6.28. The number of nitrogens with zero attached hydrogens (tertiary/aromatic N) is 2. The largest absolute Gasteiger partial charge is 0.412 e. The van der Waals surface area contributed by atoms with Crippen molar-refractivity contribution >= 4 is 37.1 Å². The van der Waals surface area contributed by atoms with Gasteiger partial charge in [-0.3, -0.25) is 0 Å². The first-order valence-corrected chi connectivity index (χ1v) is 7.55. The number of hydrogen-bond acceptors (Lipinski definition) is 2. The van der Waals surface area contributed by atoms with Gasteiger partial charge >= 0.3 is 0 Å². The Bertz CT molecular complexity index is 778. The van der Waals surface area contributed by atoms with Gasteiger partial charge in [0.15, 0.2) is 0 Å². The third-order valence-corrected chi connectivity index (χ3v) is 4.87. The Hall–Kier alpha value is -0.103. The molecule has 3 rings (SSSR count). The van der Waals surface area contributed by atoms with Crippen molar-refractivity contribution in [3.63, 3.8) is 0 Å². The number of thiazole rings is 1. The van der Waals surface area contributed by atoms with Crippen LogP contribution in [0.2, 0.25) is 0 Å². The fourth-order valence-electron chi connectivity index (χ4n) is 2.42. The monoisotopic (exact) mass is 617 g/mol. The van der Waals surface area contributed by atoms with Crippen molar-refractivity contribution in [3.8, 4) is 10.6 Å². The van der Waals surface area contributed by atoms with Gasteiger partial charge in [-0.1, -0.05) is 17.4 Å². The van der Waals surface area contributed by atoms with E-state index in [2.05, 4.69) is 80.0 Å². The Balaban J connectivity index is 0. The molecule has 0 spiro atoms. The predicted molar refractivity (Wildman–Crippen MR) is 102 cm³/mol. The van der Waals surface area contributed by atoms with Crippen LogP contribution in [-0.4, -0.2) is 19.6 Å². The van der Waals surface area contributed by atoms with Gasteiger partial charge in [-0.05, 0) is 42.8 Å². The van der Waals surface area contributed by atoms with Crippen molar-refractivity contribution in [3.05, 3.63) is 48.0 Å². The molecule has 0 bridgehead atoms. The van der Waals surface area contributed by atoms with Crippen molar-refractivity contribution in [2.24, 2.45) is 7.05 Å². The van der Waals surface area contributed by atoms with Gasteiger partial charge in [0.1, 0.15) is 11.7 Å². The van der Waals surface area contributed by atoms with Crippen LogP contribution in [0, 0.1) is 6.92 Å². The first kappa shape index (κ1) is 26.1. The molecule has 2 aromatic carbocycles. The van der Waals surface area contributed by atoms with Crippen LogP contribution in [0.1, 0.15) is 5.56 Å². The van der Waals surface area contributed by atoms with Gasteiger partial charge in [-0.2, -0.15) is 14.5 Å². The average Bonchev–Trinajstić information content (AvgIpc) is 2.75. The molecule has 1 heterocycles. The van der Waals surface area contributed by atoms with E-state index in [1.165, 1.54) is 32.0 Å². The number of fused-ring (bicyclic) bond motifs is 1. The minimum atomic E-state index is 0. The first-order valence-electron chi connectivity index (χ1n) is 6.73. The molecule has 0 fully saturated rings. The van der Waals surface area contributed by atoms with E-state index in [1.807, 2.05) is 11.3 Å². The molecule has 0 aliphatic heterocycles. The molecule has 0 saturated carbocycles. The summed E-state index contributed by atoms with van der Waals surface area (Å²) >= 11 is 1.85. The second-order valence-electron chi connectivity index (χ2n) is 5.38. The molecule has 0 amide bonds. The summed E-state index contributed by atoms with van der Waals surface area (Å²) in [6.45, 7) is 2.14. The molecule has 0 aliphatic rings. The number of anilines is 1. The number of hydrogen-bond donors (Lipinski definition) is 0. The van der Waals surface area contributed by atoms with Gasteiger partial charge in [0, 0.05) is 68.0 Å². The molecule has 1 aromatic heterocycles. The summed E-state index contributed by atoms with van der Waals surface area (Å²) < 4.78 is 3.63. The van der Waals surface area contributed by atoms with Crippen molar-refractivity contribution in [1.29, 1.82) is 0 Å². The van der Waals surface area contributed by atoms with Gasteiger partial charge in [0.05, 0.1) is 5.56 Å². The van der Waals surface area contributed by atoms with Crippen molar-refractivity contribution in [2.75, 3.05) is 19.0 Å². The zero-order chi connectivity index (χ0) is 14.3. The Morgan fingerprint density at radius 2 is 1.58 bits per heavy atom. The summed E-state index contributed by atoms with van der Waals surface area (Å²) in [5.74, 6) is 0. The molecule has 3 aromatic rings. The Labute approximate surface area is 179 Å². The van der Waals surface area contributed by atoms with Crippen LogP contribution in [0.5, 0.6) is 0 Å².